The highest BCUT2D eigenvalue weighted by Gasteiger charge is 2.33. The Balaban J connectivity index is 1.75. The number of fused-ring (bicyclic) bond motifs is 1. The second kappa shape index (κ2) is 8.00. The van der Waals surface area contributed by atoms with E-state index in [1.165, 1.54) is 25.0 Å². The molecule has 0 bridgehead atoms. The number of rotatable bonds is 4. The van der Waals surface area contributed by atoms with E-state index in [9.17, 15) is 4.79 Å². The summed E-state index contributed by atoms with van der Waals surface area (Å²) >= 11 is 6.17. The monoisotopic (exact) mass is 399 g/mol. The van der Waals surface area contributed by atoms with Crippen LogP contribution in [0.25, 0.3) is 11.3 Å². The molecule has 1 atom stereocenters. The normalized spacial score (nSPS) is 19.2. The number of likely N-dealkylation sites (tertiary alicyclic amines) is 1. The second-order valence-electron chi connectivity index (χ2n) is 7.46. The molecule has 1 aliphatic heterocycles. The summed E-state index contributed by atoms with van der Waals surface area (Å²) in [7, 11) is 1.86. The first-order valence-corrected chi connectivity index (χ1v) is 10.4. The number of ether oxygens (including phenoxy) is 1. The maximum atomic E-state index is 13.6. The third-order valence-corrected chi connectivity index (χ3v) is 5.92. The van der Waals surface area contributed by atoms with Gasteiger partial charge in [0, 0.05) is 29.9 Å². The van der Waals surface area contributed by atoms with Crippen LogP contribution < -0.4 is 4.74 Å². The lowest BCUT2D eigenvalue weighted by Gasteiger charge is -2.38. The number of halogens is 1. The summed E-state index contributed by atoms with van der Waals surface area (Å²) in [4.78, 5) is 15.5. The molecule has 0 saturated carbocycles. The number of hydrogen-bond donors (Lipinski definition) is 0. The van der Waals surface area contributed by atoms with Crippen LogP contribution in [0, 0.1) is 5.92 Å². The van der Waals surface area contributed by atoms with Gasteiger partial charge in [-0.2, -0.15) is 5.10 Å². The minimum absolute atomic E-state index is 0.0262. The molecule has 1 aliphatic carbocycles. The summed E-state index contributed by atoms with van der Waals surface area (Å²) in [6.07, 6.45) is 9.62. The maximum absolute atomic E-state index is 13.6. The van der Waals surface area contributed by atoms with Crippen molar-refractivity contribution in [2.45, 2.75) is 39.0 Å². The third kappa shape index (κ3) is 3.44. The summed E-state index contributed by atoms with van der Waals surface area (Å²) in [5, 5.41) is 5.00. The van der Waals surface area contributed by atoms with E-state index in [0.29, 0.717) is 28.9 Å². The Hall–Kier alpha value is -2.27. The van der Waals surface area contributed by atoms with Crippen molar-refractivity contribution < 1.29 is 9.53 Å². The number of amides is 1. The highest BCUT2D eigenvalue weighted by molar-refractivity contribution is 6.30. The number of hydrogen-bond acceptors (Lipinski definition) is 3. The van der Waals surface area contributed by atoms with Crippen molar-refractivity contribution in [3.05, 3.63) is 46.8 Å². The smallest absolute Gasteiger partial charge is 0.261 e. The first-order chi connectivity index (χ1) is 13.6. The van der Waals surface area contributed by atoms with Crippen molar-refractivity contribution >= 4 is 17.5 Å². The van der Waals surface area contributed by atoms with Gasteiger partial charge in [-0.05, 0) is 63.1 Å². The molecule has 1 fully saturated rings. The molecule has 1 aromatic carbocycles. The van der Waals surface area contributed by atoms with Gasteiger partial charge < -0.3 is 9.64 Å². The molecule has 4 rings (SSSR count). The number of carbonyl (C=O) groups excluding carboxylic acids is 1. The van der Waals surface area contributed by atoms with Gasteiger partial charge >= 0.3 is 0 Å². The van der Waals surface area contributed by atoms with E-state index in [2.05, 4.69) is 11.2 Å². The number of piperidine rings is 1. The number of nitrogens with zero attached hydrogens (tertiary/aromatic N) is 3. The fourth-order valence-electron chi connectivity index (χ4n) is 4.42. The summed E-state index contributed by atoms with van der Waals surface area (Å²) in [5.41, 5.74) is 3.42. The van der Waals surface area contributed by atoms with E-state index in [1.54, 1.807) is 16.9 Å². The van der Waals surface area contributed by atoms with Gasteiger partial charge in [0.15, 0.2) is 0 Å². The number of allylic oxidation sites excluding steroid dienone is 2. The van der Waals surface area contributed by atoms with Crippen molar-refractivity contribution in [1.82, 2.24) is 14.7 Å². The minimum atomic E-state index is 0.0262. The van der Waals surface area contributed by atoms with Crippen molar-refractivity contribution in [3.63, 3.8) is 0 Å². The lowest BCUT2D eigenvalue weighted by Crippen LogP contribution is -2.39. The van der Waals surface area contributed by atoms with Gasteiger partial charge in [0.25, 0.3) is 5.91 Å². The predicted molar refractivity (Wildman–Crippen MR) is 111 cm³/mol. The van der Waals surface area contributed by atoms with Gasteiger partial charge in [-0.25, -0.2) is 0 Å². The number of aryl methyl sites for hydroxylation is 1. The average Bonchev–Trinajstić information content (AvgIpc) is 3.09. The van der Waals surface area contributed by atoms with Gasteiger partial charge in [0.05, 0.1) is 24.1 Å². The van der Waals surface area contributed by atoms with Crippen LogP contribution in [-0.2, 0) is 7.05 Å². The highest BCUT2D eigenvalue weighted by Crippen LogP contribution is 2.38. The predicted octanol–water partition coefficient (Wildman–Crippen LogP) is 5.06. The summed E-state index contributed by atoms with van der Waals surface area (Å²) in [5.74, 6) is 1.21. The highest BCUT2D eigenvalue weighted by atomic mass is 35.5. The summed E-state index contributed by atoms with van der Waals surface area (Å²) < 4.78 is 7.55. The minimum Gasteiger partial charge on any atom is -0.493 e. The topological polar surface area (TPSA) is 47.4 Å². The van der Waals surface area contributed by atoms with Crippen LogP contribution in [0.4, 0.5) is 0 Å². The second-order valence-corrected chi connectivity index (χ2v) is 7.90. The molecule has 1 saturated heterocycles. The third-order valence-electron chi connectivity index (χ3n) is 5.69. The van der Waals surface area contributed by atoms with Crippen LogP contribution >= 0.6 is 11.6 Å². The molecule has 148 valence electrons. The van der Waals surface area contributed by atoms with Crippen LogP contribution in [-0.4, -0.2) is 33.7 Å². The van der Waals surface area contributed by atoms with E-state index >= 15 is 0 Å². The van der Waals surface area contributed by atoms with Crippen molar-refractivity contribution in [2.24, 2.45) is 13.0 Å². The molecule has 1 aromatic heterocycles. The molecule has 2 aliphatic rings. The van der Waals surface area contributed by atoms with Gasteiger partial charge in [-0.1, -0.05) is 17.7 Å². The Kier molecular flexibility index (Phi) is 5.44. The summed E-state index contributed by atoms with van der Waals surface area (Å²) in [6.45, 7) is 3.23. The Bertz CT molecular complexity index is 919. The molecule has 5 nitrogen and oxygen atoms in total. The van der Waals surface area contributed by atoms with Crippen molar-refractivity contribution in [1.29, 1.82) is 0 Å². The molecule has 0 N–H and O–H groups in total. The van der Waals surface area contributed by atoms with Crippen LogP contribution in [0.3, 0.4) is 0 Å². The van der Waals surface area contributed by atoms with E-state index in [0.717, 1.165) is 30.6 Å². The van der Waals surface area contributed by atoms with Crippen LogP contribution in [0.5, 0.6) is 5.75 Å². The van der Waals surface area contributed by atoms with E-state index in [4.69, 9.17) is 16.3 Å². The van der Waals surface area contributed by atoms with Crippen LogP contribution in [0.15, 0.2) is 36.2 Å². The molecule has 28 heavy (non-hydrogen) atoms. The Labute approximate surface area is 170 Å². The van der Waals surface area contributed by atoms with Gasteiger partial charge in [0.2, 0.25) is 0 Å². The van der Waals surface area contributed by atoms with Crippen molar-refractivity contribution in [2.75, 3.05) is 13.2 Å². The van der Waals surface area contributed by atoms with Crippen LogP contribution in [0.2, 0.25) is 5.02 Å². The Morgan fingerprint density at radius 3 is 2.96 bits per heavy atom. The first kappa shape index (κ1) is 19.1. The Morgan fingerprint density at radius 1 is 1.32 bits per heavy atom. The molecular weight excluding hydrogens is 374 g/mol. The maximum Gasteiger partial charge on any atom is 0.261 e. The Morgan fingerprint density at radius 2 is 2.14 bits per heavy atom. The average molecular weight is 400 g/mol. The lowest BCUT2D eigenvalue weighted by atomic mass is 9.84. The van der Waals surface area contributed by atoms with Crippen LogP contribution in [0.1, 0.15) is 49.4 Å². The van der Waals surface area contributed by atoms with Gasteiger partial charge in [-0.15, -0.1) is 0 Å². The fraction of sp³-hybridized carbons (Fsp3) is 0.455. The summed E-state index contributed by atoms with van der Waals surface area (Å²) in [6, 6.07) is 5.52. The molecule has 6 heteroatoms. The fourth-order valence-corrected chi connectivity index (χ4v) is 4.58. The van der Waals surface area contributed by atoms with Gasteiger partial charge in [-0.3, -0.25) is 9.48 Å². The molecule has 0 radical (unpaired) electrons. The zero-order chi connectivity index (χ0) is 19.7. The quantitative estimate of drug-likeness (QED) is 0.721. The van der Waals surface area contributed by atoms with E-state index in [-0.39, 0.29) is 5.91 Å². The number of aromatic nitrogens is 2. The molecule has 2 heterocycles. The number of benzene rings is 1. The zero-order valence-electron chi connectivity index (χ0n) is 16.4. The first-order valence-electron chi connectivity index (χ1n) is 10.1. The molecule has 0 spiro atoms. The van der Waals surface area contributed by atoms with Gasteiger partial charge in [0.1, 0.15) is 5.75 Å². The molecule has 1 amide bonds. The van der Waals surface area contributed by atoms with Crippen molar-refractivity contribution in [3.8, 4) is 17.0 Å². The lowest BCUT2D eigenvalue weighted by molar-refractivity contribution is 0.0749. The van der Waals surface area contributed by atoms with E-state index < -0.39 is 0 Å². The molecular formula is C22H26ClN3O2. The SMILES string of the molecule is CCOc1cc(Cl)ccc1-c1c(C(=O)N2CCCC3CCCC=C32)cnn1C. The largest absolute Gasteiger partial charge is 0.493 e. The van der Waals surface area contributed by atoms with E-state index in [1.807, 2.05) is 31.0 Å². The standard InChI is InChI=1S/C22H26ClN3O2/c1-3-28-20-13-16(23)10-11-17(20)21-18(14-24-25(21)2)22(27)26-12-6-8-15-7-4-5-9-19(15)26/h9-11,13-15H,3-8,12H2,1-2H3. The molecule has 2 aromatic rings. The molecule has 1 unspecified atom stereocenters. The zero-order valence-corrected chi connectivity index (χ0v) is 17.2. The number of carbonyl (C=O) groups is 1.